The quantitative estimate of drug-likeness (QED) is 0.652. The van der Waals surface area contributed by atoms with E-state index in [0.717, 1.165) is 0 Å². The topological polar surface area (TPSA) is 122 Å². The molecule has 9 nitrogen and oxygen atoms in total. The highest BCUT2D eigenvalue weighted by molar-refractivity contribution is 6.05. The number of nitrogens with one attached hydrogen (secondary N) is 3. The van der Waals surface area contributed by atoms with Gasteiger partial charge in [0.15, 0.2) is 5.69 Å². The van der Waals surface area contributed by atoms with Gasteiger partial charge in [-0.1, -0.05) is 32.0 Å². The highest BCUT2D eigenvalue weighted by atomic mass is 16.2. The van der Waals surface area contributed by atoms with Crippen molar-refractivity contribution in [2.45, 2.75) is 40.3 Å². The van der Waals surface area contributed by atoms with Crippen molar-refractivity contribution in [2.24, 2.45) is 5.92 Å². The number of aryl methyl sites for hydroxylation is 1. The van der Waals surface area contributed by atoms with Crippen LogP contribution in [0.25, 0.3) is 10.8 Å². The van der Waals surface area contributed by atoms with E-state index < -0.39 is 17.9 Å². The molecule has 0 aliphatic rings. The van der Waals surface area contributed by atoms with Crippen LogP contribution in [0.15, 0.2) is 29.1 Å². The van der Waals surface area contributed by atoms with Crippen molar-refractivity contribution in [1.29, 1.82) is 0 Å². The van der Waals surface area contributed by atoms with Crippen LogP contribution in [0.5, 0.6) is 0 Å². The van der Waals surface area contributed by atoms with E-state index in [-0.39, 0.29) is 23.1 Å². The fourth-order valence-corrected chi connectivity index (χ4v) is 2.63. The van der Waals surface area contributed by atoms with E-state index in [1.807, 2.05) is 0 Å². The molecule has 1 atom stereocenters. The van der Waals surface area contributed by atoms with E-state index in [4.69, 9.17) is 0 Å². The summed E-state index contributed by atoms with van der Waals surface area (Å²) in [6.45, 7) is 6.90. The summed E-state index contributed by atoms with van der Waals surface area (Å²) < 4.78 is 1.19. The lowest BCUT2D eigenvalue weighted by Gasteiger charge is -2.21. The fraction of sp³-hybridized carbons (Fsp3) is 0.389. The second-order valence-electron chi connectivity index (χ2n) is 6.38. The molecule has 9 heteroatoms. The SMILES string of the molecule is CCn1nc(C(=O)NNC(=O)[C@H](NC(C)=O)C(C)C)c2ccccc2c1=O. The Labute approximate surface area is 156 Å². The molecule has 0 saturated heterocycles. The van der Waals surface area contributed by atoms with Gasteiger partial charge in [-0.25, -0.2) is 4.68 Å². The van der Waals surface area contributed by atoms with Crippen molar-refractivity contribution in [3.63, 3.8) is 0 Å². The first-order chi connectivity index (χ1) is 12.8. The van der Waals surface area contributed by atoms with E-state index in [2.05, 4.69) is 21.3 Å². The first-order valence-electron chi connectivity index (χ1n) is 8.63. The Hall–Kier alpha value is -3.23. The van der Waals surface area contributed by atoms with E-state index in [9.17, 15) is 19.2 Å². The molecule has 1 aromatic heterocycles. The molecule has 0 aliphatic carbocycles. The number of carbonyl (C=O) groups is 3. The zero-order valence-corrected chi connectivity index (χ0v) is 15.7. The maximum absolute atomic E-state index is 12.6. The van der Waals surface area contributed by atoms with Gasteiger partial charge in [-0.2, -0.15) is 5.10 Å². The van der Waals surface area contributed by atoms with Crippen LogP contribution < -0.4 is 21.7 Å². The van der Waals surface area contributed by atoms with Crippen LogP contribution in [0.4, 0.5) is 0 Å². The summed E-state index contributed by atoms with van der Waals surface area (Å²) in [6.07, 6.45) is 0. The molecule has 2 rings (SSSR count). The molecule has 0 unspecified atom stereocenters. The number of hydrogen-bond donors (Lipinski definition) is 3. The highest BCUT2D eigenvalue weighted by Crippen LogP contribution is 2.13. The van der Waals surface area contributed by atoms with Gasteiger partial charge in [0, 0.05) is 18.9 Å². The first kappa shape index (κ1) is 20.1. The number of fused-ring (bicyclic) bond motifs is 1. The molecule has 2 aromatic rings. The molecule has 0 fully saturated rings. The van der Waals surface area contributed by atoms with Gasteiger partial charge < -0.3 is 5.32 Å². The average molecular weight is 373 g/mol. The van der Waals surface area contributed by atoms with Crippen molar-refractivity contribution < 1.29 is 14.4 Å². The third-order valence-electron chi connectivity index (χ3n) is 3.99. The van der Waals surface area contributed by atoms with E-state index in [1.165, 1.54) is 11.6 Å². The number of benzene rings is 1. The Morgan fingerprint density at radius 2 is 1.74 bits per heavy atom. The monoisotopic (exact) mass is 373 g/mol. The standard InChI is InChI=1S/C18H23N5O4/c1-5-23-18(27)13-9-7-6-8-12(13)15(22-23)17(26)21-20-16(25)14(10(2)3)19-11(4)24/h6-10,14H,5H2,1-4H3,(H,19,24)(H,20,25)(H,21,26)/t14-/m1/s1. The van der Waals surface area contributed by atoms with Gasteiger partial charge in [-0.3, -0.25) is 30.0 Å². The zero-order chi connectivity index (χ0) is 20.1. The minimum absolute atomic E-state index is 0.0213. The lowest BCUT2D eigenvalue weighted by atomic mass is 10.0. The number of rotatable bonds is 5. The number of nitrogens with zero attached hydrogens (tertiary/aromatic N) is 2. The smallest absolute Gasteiger partial charge is 0.290 e. The number of carbonyl (C=O) groups excluding carboxylic acids is 3. The fourth-order valence-electron chi connectivity index (χ4n) is 2.63. The van der Waals surface area contributed by atoms with E-state index in [1.54, 1.807) is 45.0 Å². The third-order valence-corrected chi connectivity index (χ3v) is 3.99. The summed E-state index contributed by atoms with van der Waals surface area (Å²) in [5, 5.41) is 7.39. The molecule has 1 aromatic carbocycles. The summed E-state index contributed by atoms with van der Waals surface area (Å²) in [6, 6.07) is 5.84. The van der Waals surface area contributed by atoms with E-state index in [0.29, 0.717) is 17.3 Å². The van der Waals surface area contributed by atoms with Crippen LogP contribution in [0.1, 0.15) is 38.2 Å². The molecule has 3 N–H and O–H groups in total. The van der Waals surface area contributed by atoms with Crippen LogP contribution >= 0.6 is 0 Å². The average Bonchev–Trinajstić information content (AvgIpc) is 2.64. The minimum atomic E-state index is -0.794. The Kier molecular flexibility index (Phi) is 6.27. The molecule has 0 aliphatic heterocycles. The second-order valence-corrected chi connectivity index (χ2v) is 6.38. The molecule has 144 valence electrons. The summed E-state index contributed by atoms with van der Waals surface area (Å²) >= 11 is 0. The van der Waals surface area contributed by atoms with Crippen molar-refractivity contribution in [1.82, 2.24) is 25.9 Å². The Morgan fingerprint density at radius 3 is 2.30 bits per heavy atom. The minimum Gasteiger partial charge on any atom is -0.344 e. The van der Waals surface area contributed by atoms with Gasteiger partial charge in [0.1, 0.15) is 6.04 Å². The zero-order valence-electron chi connectivity index (χ0n) is 15.7. The molecule has 0 saturated carbocycles. The summed E-state index contributed by atoms with van der Waals surface area (Å²) in [4.78, 5) is 48.4. The highest BCUT2D eigenvalue weighted by Gasteiger charge is 2.24. The summed E-state index contributed by atoms with van der Waals surface area (Å²) in [7, 11) is 0. The molecule has 1 heterocycles. The largest absolute Gasteiger partial charge is 0.344 e. The first-order valence-corrected chi connectivity index (χ1v) is 8.63. The number of hydrogen-bond acceptors (Lipinski definition) is 5. The third kappa shape index (κ3) is 4.49. The van der Waals surface area contributed by atoms with Crippen molar-refractivity contribution in [3.8, 4) is 0 Å². The lowest BCUT2D eigenvalue weighted by Crippen LogP contribution is -2.54. The van der Waals surface area contributed by atoms with Crippen LogP contribution in [-0.2, 0) is 16.1 Å². The van der Waals surface area contributed by atoms with Crippen molar-refractivity contribution >= 4 is 28.5 Å². The van der Waals surface area contributed by atoms with Crippen molar-refractivity contribution in [2.75, 3.05) is 0 Å². The van der Waals surface area contributed by atoms with Gasteiger partial charge in [-0.15, -0.1) is 0 Å². The van der Waals surface area contributed by atoms with Crippen LogP contribution in [-0.4, -0.2) is 33.5 Å². The molecular weight excluding hydrogens is 350 g/mol. The Balaban J connectivity index is 2.26. The number of amides is 3. The van der Waals surface area contributed by atoms with Gasteiger partial charge in [0.2, 0.25) is 5.91 Å². The molecular formula is C18H23N5O4. The predicted molar refractivity (Wildman–Crippen MR) is 99.7 cm³/mol. The van der Waals surface area contributed by atoms with Gasteiger partial charge in [-0.05, 0) is 18.9 Å². The Morgan fingerprint density at radius 1 is 1.11 bits per heavy atom. The van der Waals surface area contributed by atoms with Gasteiger partial charge >= 0.3 is 0 Å². The van der Waals surface area contributed by atoms with Crippen molar-refractivity contribution in [3.05, 3.63) is 40.3 Å². The maximum Gasteiger partial charge on any atom is 0.290 e. The van der Waals surface area contributed by atoms with Gasteiger partial charge in [0.25, 0.3) is 17.4 Å². The summed E-state index contributed by atoms with van der Waals surface area (Å²) in [5.74, 6) is -1.74. The normalized spacial score (nSPS) is 11.9. The lowest BCUT2D eigenvalue weighted by molar-refractivity contribution is -0.129. The molecule has 0 bridgehead atoms. The molecule has 3 amide bonds. The van der Waals surface area contributed by atoms with Gasteiger partial charge in [0.05, 0.1) is 5.39 Å². The molecule has 0 spiro atoms. The van der Waals surface area contributed by atoms with Crippen LogP contribution in [0.2, 0.25) is 0 Å². The predicted octanol–water partition coefficient (Wildman–Crippen LogP) is 0.338. The number of aromatic nitrogens is 2. The van der Waals surface area contributed by atoms with Crippen LogP contribution in [0.3, 0.4) is 0 Å². The number of hydrazine groups is 1. The molecule has 27 heavy (non-hydrogen) atoms. The second kappa shape index (κ2) is 8.43. The summed E-state index contributed by atoms with van der Waals surface area (Å²) in [5.41, 5.74) is 4.34. The maximum atomic E-state index is 12.6. The Bertz CT molecular complexity index is 935. The van der Waals surface area contributed by atoms with Crippen LogP contribution in [0, 0.1) is 5.92 Å². The van der Waals surface area contributed by atoms with E-state index >= 15 is 0 Å². The molecule has 0 radical (unpaired) electrons.